The molecule has 1 aromatic rings. The highest BCUT2D eigenvalue weighted by molar-refractivity contribution is 5.47. The maximum Gasteiger partial charge on any atom is 0.0343 e. The van der Waals surface area contributed by atoms with Crippen molar-refractivity contribution in [1.29, 1.82) is 0 Å². The number of nitrogen functional groups attached to an aromatic ring is 1. The highest BCUT2D eigenvalue weighted by Crippen LogP contribution is 2.30. The van der Waals surface area contributed by atoms with E-state index in [4.69, 9.17) is 5.73 Å². The average molecular weight is 218 g/mol. The van der Waals surface area contributed by atoms with Crippen molar-refractivity contribution in [3.63, 3.8) is 0 Å². The second-order valence-electron chi connectivity index (χ2n) is 5.53. The third-order valence-electron chi connectivity index (χ3n) is 3.78. The summed E-state index contributed by atoms with van der Waals surface area (Å²) in [6.07, 6.45) is 2.63. The quantitative estimate of drug-likeness (QED) is 0.773. The summed E-state index contributed by atoms with van der Waals surface area (Å²) in [6, 6.07) is 6.38. The zero-order chi connectivity index (χ0) is 11.8. The van der Waals surface area contributed by atoms with Crippen LogP contribution < -0.4 is 5.73 Å². The van der Waals surface area contributed by atoms with Crippen LogP contribution in [0.25, 0.3) is 0 Å². The molecule has 1 aliphatic rings. The van der Waals surface area contributed by atoms with Gasteiger partial charge in [-0.15, -0.1) is 0 Å². The molecule has 1 saturated heterocycles. The third-order valence-corrected chi connectivity index (χ3v) is 3.78. The molecule has 0 aromatic heterocycles. The van der Waals surface area contributed by atoms with Gasteiger partial charge >= 0.3 is 0 Å². The molecular formula is C14H22N2. The van der Waals surface area contributed by atoms with Gasteiger partial charge in [-0.1, -0.05) is 12.1 Å². The third kappa shape index (κ3) is 2.22. The molecule has 1 heterocycles. The zero-order valence-electron chi connectivity index (χ0n) is 10.6. The standard InChI is InChI=1S/C14H22N2/c1-11-9-12(5-6-13(11)15)10-16-8-4-7-14(16,2)3/h5-6,9H,4,7-8,10,15H2,1-3H3. The normalized spacial score (nSPS) is 20.2. The van der Waals surface area contributed by atoms with Crippen molar-refractivity contribution in [2.45, 2.75) is 45.7 Å². The Labute approximate surface area is 98.4 Å². The van der Waals surface area contributed by atoms with Crippen molar-refractivity contribution in [1.82, 2.24) is 4.90 Å². The van der Waals surface area contributed by atoms with E-state index in [0.29, 0.717) is 5.54 Å². The summed E-state index contributed by atoms with van der Waals surface area (Å²) in [7, 11) is 0. The van der Waals surface area contributed by atoms with Crippen LogP contribution >= 0.6 is 0 Å². The lowest BCUT2D eigenvalue weighted by molar-refractivity contribution is 0.166. The van der Waals surface area contributed by atoms with Crippen LogP contribution in [-0.2, 0) is 6.54 Å². The molecule has 0 aliphatic carbocycles. The van der Waals surface area contributed by atoms with Crippen molar-refractivity contribution in [2.75, 3.05) is 12.3 Å². The summed E-state index contributed by atoms with van der Waals surface area (Å²) in [6.45, 7) is 9.02. The van der Waals surface area contributed by atoms with E-state index in [-0.39, 0.29) is 0 Å². The lowest BCUT2D eigenvalue weighted by Gasteiger charge is -2.31. The molecule has 0 bridgehead atoms. The minimum atomic E-state index is 0.356. The number of anilines is 1. The second kappa shape index (κ2) is 4.10. The molecule has 1 fully saturated rings. The molecule has 0 amide bonds. The monoisotopic (exact) mass is 218 g/mol. The van der Waals surface area contributed by atoms with Crippen molar-refractivity contribution >= 4 is 5.69 Å². The fraction of sp³-hybridized carbons (Fsp3) is 0.571. The smallest absolute Gasteiger partial charge is 0.0343 e. The lowest BCUT2D eigenvalue weighted by atomic mass is 10.0. The Balaban J connectivity index is 2.12. The van der Waals surface area contributed by atoms with Gasteiger partial charge in [-0.05, 0) is 57.4 Å². The number of nitrogens with zero attached hydrogens (tertiary/aromatic N) is 1. The first-order valence-corrected chi connectivity index (χ1v) is 6.09. The Kier molecular flexibility index (Phi) is 2.94. The largest absolute Gasteiger partial charge is 0.399 e. The Morgan fingerprint density at radius 3 is 2.69 bits per heavy atom. The summed E-state index contributed by atoms with van der Waals surface area (Å²) in [4.78, 5) is 2.57. The van der Waals surface area contributed by atoms with E-state index in [1.165, 1.54) is 30.5 Å². The summed E-state index contributed by atoms with van der Waals surface area (Å²) in [5.41, 5.74) is 9.65. The average Bonchev–Trinajstić information content (AvgIpc) is 2.52. The molecule has 2 N–H and O–H groups in total. The molecule has 0 unspecified atom stereocenters. The van der Waals surface area contributed by atoms with Crippen molar-refractivity contribution in [3.05, 3.63) is 29.3 Å². The Bertz CT molecular complexity index is 382. The van der Waals surface area contributed by atoms with Crippen LogP contribution in [0.2, 0.25) is 0 Å². The van der Waals surface area contributed by atoms with Crippen molar-refractivity contribution in [2.24, 2.45) is 0 Å². The molecule has 2 rings (SSSR count). The Morgan fingerprint density at radius 2 is 2.12 bits per heavy atom. The summed E-state index contributed by atoms with van der Waals surface area (Å²) in [5, 5.41) is 0. The molecule has 1 aromatic carbocycles. The molecule has 16 heavy (non-hydrogen) atoms. The van der Waals surface area contributed by atoms with E-state index in [1.807, 2.05) is 6.07 Å². The van der Waals surface area contributed by atoms with Gasteiger partial charge in [0.1, 0.15) is 0 Å². The highest BCUT2D eigenvalue weighted by atomic mass is 15.2. The number of benzene rings is 1. The minimum Gasteiger partial charge on any atom is -0.399 e. The predicted octanol–water partition coefficient (Wildman–Crippen LogP) is 2.95. The Morgan fingerprint density at radius 1 is 1.38 bits per heavy atom. The van der Waals surface area contributed by atoms with E-state index < -0.39 is 0 Å². The SMILES string of the molecule is Cc1cc(CN2CCCC2(C)C)ccc1N. The van der Waals surface area contributed by atoms with Crippen LogP contribution in [0, 0.1) is 6.92 Å². The molecule has 88 valence electrons. The van der Waals surface area contributed by atoms with E-state index in [9.17, 15) is 0 Å². The summed E-state index contributed by atoms with van der Waals surface area (Å²) < 4.78 is 0. The molecule has 0 spiro atoms. The van der Waals surface area contributed by atoms with Crippen LogP contribution in [-0.4, -0.2) is 17.0 Å². The maximum atomic E-state index is 5.84. The molecule has 2 nitrogen and oxygen atoms in total. The van der Waals surface area contributed by atoms with Crippen LogP contribution in [0.5, 0.6) is 0 Å². The zero-order valence-corrected chi connectivity index (χ0v) is 10.6. The first-order valence-electron chi connectivity index (χ1n) is 6.09. The molecule has 1 aliphatic heterocycles. The number of hydrogen-bond acceptors (Lipinski definition) is 2. The van der Waals surface area contributed by atoms with Crippen molar-refractivity contribution in [3.8, 4) is 0 Å². The molecule has 0 atom stereocenters. The minimum absolute atomic E-state index is 0.356. The molecule has 2 heteroatoms. The number of hydrogen-bond donors (Lipinski definition) is 1. The fourth-order valence-corrected chi connectivity index (χ4v) is 2.51. The van der Waals surface area contributed by atoms with Gasteiger partial charge in [0.25, 0.3) is 0 Å². The van der Waals surface area contributed by atoms with Gasteiger partial charge in [0.05, 0.1) is 0 Å². The maximum absolute atomic E-state index is 5.84. The number of nitrogens with two attached hydrogens (primary N) is 1. The van der Waals surface area contributed by atoms with Crippen LogP contribution in [0.3, 0.4) is 0 Å². The van der Waals surface area contributed by atoms with Crippen molar-refractivity contribution < 1.29 is 0 Å². The summed E-state index contributed by atoms with van der Waals surface area (Å²) in [5.74, 6) is 0. The highest BCUT2D eigenvalue weighted by Gasteiger charge is 2.31. The van der Waals surface area contributed by atoms with E-state index in [0.717, 1.165) is 12.2 Å². The Hall–Kier alpha value is -1.02. The van der Waals surface area contributed by atoms with Crippen LogP contribution in [0.15, 0.2) is 18.2 Å². The van der Waals surface area contributed by atoms with Crippen LogP contribution in [0.4, 0.5) is 5.69 Å². The van der Waals surface area contributed by atoms with E-state index in [1.54, 1.807) is 0 Å². The van der Waals surface area contributed by atoms with Gasteiger partial charge in [-0.2, -0.15) is 0 Å². The predicted molar refractivity (Wildman–Crippen MR) is 69.3 cm³/mol. The van der Waals surface area contributed by atoms with Gasteiger partial charge in [-0.25, -0.2) is 0 Å². The molecular weight excluding hydrogens is 196 g/mol. The first-order chi connectivity index (χ1) is 7.49. The van der Waals surface area contributed by atoms with Gasteiger partial charge in [0.15, 0.2) is 0 Å². The van der Waals surface area contributed by atoms with E-state index >= 15 is 0 Å². The number of likely N-dealkylation sites (tertiary alicyclic amines) is 1. The van der Waals surface area contributed by atoms with Gasteiger partial charge in [0.2, 0.25) is 0 Å². The summed E-state index contributed by atoms with van der Waals surface area (Å²) >= 11 is 0. The van der Waals surface area contributed by atoms with E-state index in [2.05, 4.69) is 37.8 Å². The van der Waals surface area contributed by atoms with Crippen LogP contribution in [0.1, 0.15) is 37.8 Å². The second-order valence-corrected chi connectivity index (χ2v) is 5.53. The lowest BCUT2D eigenvalue weighted by Crippen LogP contribution is -2.37. The topological polar surface area (TPSA) is 29.3 Å². The molecule has 0 radical (unpaired) electrons. The van der Waals surface area contributed by atoms with Gasteiger partial charge in [-0.3, -0.25) is 4.90 Å². The van der Waals surface area contributed by atoms with Gasteiger partial charge < -0.3 is 5.73 Å². The number of aryl methyl sites for hydroxylation is 1. The molecule has 0 saturated carbocycles. The van der Waals surface area contributed by atoms with Gasteiger partial charge in [0, 0.05) is 17.8 Å². The fourth-order valence-electron chi connectivity index (χ4n) is 2.51. The first kappa shape index (κ1) is 11.5. The number of rotatable bonds is 2.